The van der Waals surface area contributed by atoms with Crippen LogP contribution in [-0.4, -0.2) is 21.0 Å². The standard InChI is InChI=1S/C10H7BrN2O2S/c1-5-8(10(14)15)9(13-4-12-5)6-2-3-7(11)16-6/h2-4H,1H3,(H,14,15). The van der Waals surface area contributed by atoms with Crippen LogP contribution in [0.2, 0.25) is 0 Å². The van der Waals surface area contributed by atoms with Crippen LogP contribution in [0.4, 0.5) is 0 Å². The first-order chi connectivity index (χ1) is 7.59. The van der Waals surface area contributed by atoms with Crippen molar-refractivity contribution in [1.82, 2.24) is 9.97 Å². The molecule has 0 atom stereocenters. The van der Waals surface area contributed by atoms with Crippen molar-refractivity contribution in [2.75, 3.05) is 0 Å². The van der Waals surface area contributed by atoms with Gasteiger partial charge in [0, 0.05) is 0 Å². The van der Waals surface area contributed by atoms with E-state index in [1.54, 1.807) is 6.92 Å². The molecule has 0 aromatic carbocycles. The highest BCUT2D eigenvalue weighted by Crippen LogP contribution is 2.32. The highest BCUT2D eigenvalue weighted by Gasteiger charge is 2.17. The van der Waals surface area contributed by atoms with Crippen LogP contribution in [0.25, 0.3) is 10.6 Å². The number of aromatic carboxylic acids is 1. The van der Waals surface area contributed by atoms with Gasteiger partial charge in [0.1, 0.15) is 11.9 Å². The van der Waals surface area contributed by atoms with Crippen LogP contribution >= 0.6 is 27.3 Å². The molecule has 0 spiro atoms. The van der Waals surface area contributed by atoms with E-state index in [0.717, 1.165) is 8.66 Å². The Bertz CT molecular complexity index is 554. The van der Waals surface area contributed by atoms with Crippen LogP contribution in [0.5, 0.6) is 0 Å². The van der Waals surface area contributed by atoms with Crippen molar-refractivity contribution in [2.24, 2.45) is 0 Å². The molecule has 82 valence electrons. The van der Waals surface area contributed by atoms with Gasteiger partial charge in [-0.25, -0.2) is 14.8 Å². The van der Waals surface area contributed by atoms with Gasteiger partial charge >= 0.3 is 5.97 Å². The van der Waals surface area contributed by atoms with Gasteiger partial charge in [-0.3, -0.25) is 0 Å². The van der Waals surface area contributed by atoms with Crippen molar-refractivity contribution >= 4 is 33.2 Å². The van der Waals surface area contributed by atoms with Crippen molar-refractivity contribution in [3.05, 3.63) is 33.5 Å². The summed E-state index contributed by atoms with van der Waals surface area (Å²) < 4.78 is 0.940. The Hall–Kier alpha value is -1.27. The van der Waals surface area contributed by atoms with E-state index >= 15 is 0 Å². The number of aryl methyl sites for hydroxylation is 1. The van der Waals surface area contributed by atoms with Crippen molar-refractivity contribution in [2.45, 2.75) is 6.92 Å². The van der Waals surface area contributed by atoms with Crippen LogP contribution in [-0.2, 0) is 0 Å². The lowest BCUT2D eigenvalue weighted by Gasteiger charge is -2.04. The minimum absolute atomic E-state index is 0.164. The molecule has 0 bridgehead atoms. The minimum Gasteiger partial charge on any atom is -0.478 e. The van der Waals surface area contributed by atoms with E-state index < -0.39 is 5.97 Å². The molecular formula is C10H7BrN2O2S. The lowest BCUT2D eigenvalue weighted by Crippen LogP contribution is -2.05. The quantitative estimate of drug-likeness (QED) is 0.926. The summed E-state index contributed by atoms with van der Waals surface area (Å²) in [4.78, 5) is 19.9. The summed E-state index contributed by atoms with van der Waals surface area (Å²) in [6.07, 6.45) is 1.38. The Morgan fingerprint density at radius 2 is 2.19 bits per heavy atom. The van der Waals surface area contributed by atoms with Gasteiger partial charge in [0.15, 0.2) is 0 Å². The number of hydrogen-bond donors (Lipinski definition) is 1. The zero-order valence-corrected chi connectivity index (χ0v) is 10.7. The van der Waals surface area contributed by atoms with E-state index in [0.29, 0.717) is 11.4 Å². The van der Waals surface area contributed by atoms with Crippen molar-refractivity contribution in [3.63, 3.8) is 0 Å². The molecule has 0 radical (unpaired) electrons. The van der Waals surface area contributed by atoms with Gasteiger partial charge in [0.25, 0.3) is 0 Å². The molecule has 0 fully saturated rings. The van der Waals surface area contributed by atoms with Crippen molar-refractivity contribution in [3.8, 4) is 10.6 Å². The largest absolute Gasteiger partial charge is 0.478 e. The summed E-state index contributed by atoms with van der Waals surface area (Å²) in [6, 6.07) is 3.70. The van der Waals surface area contributed by atoms with E-state index in [9.17, 15) is 4.79 Å². The molecule has 0 aliphatic heterocycles. The fourth-order valence-electron chi connectivity index (χ4n) is 1.36. The number of halogens is 1. The first-order valence-electron chi connectivity index (χ1n) is 4.40. The van der Waals surface area contributed by atoms with Crippen LogP contribution in [0.15, 0.2) is 22.2 Å². The smallest absolute Gasteiger partial charge is 0.339 e. The van der Waals surface area contributed by atoms with Gasteiger partial charge in [-0.15, -0.1) is 11.3 Å². The van der Waals surface area contributed by atoms with Crippen molar-refractivity contribution in [1.29, 1.82) is 0 Å². The molecule has 2 aromatic heterocycles. The van der Waals surface area contributed by atoms with Crippen LogP contribution in [0.1, 0.15) is 16.1 Å². The fourth-order valence-corrected chi connectivity index (χ4v) is 2.75. The van der Waals surface area contributed by atoms with Crippen LogP contribution in [0, 0.1) is 6.92 Å². The van der Waals surface area contributed by atoms with Gasteiger partial charge in [0.05, 0.1) is 20.1 Å². The maximum absolute atomic E-state index is 11.1. The second-order valence-corrected chi connectivity index (χ2v) is 5.55. The number of carbonyl (C=O) groups is 1. The monoisotopic (exact) mass is 298 g/mol. The number of carboxylic acids is 1. The summed E-state index contributed by atoms with van der Waals surface area (Å²) in [7, 11) is 0. The summed E-state index contributed by atoms with van der Waals surface area (Å²) >= 11 is 4.78. The SMILES string of the molecule is Cc1ncnc(-c2ccc(Br)s2)c1C(=O)O. The summed E-state index contributed by atoms with van der Waals surface area (Å²) in [6.45, 7) is 1.66. The van der Waals surface area contributed by atoms with Gasteiger partial charge < -0.3 is 5.11 Å². The topological polar surface area (TPSA) is 63.1 Å². The number of rotatable bonds is 2. The molecule has 1 N–H and O–H groups in total. The third-order valence-corrected chi connectivity index (χ3v) is 3.69. The third kappa shape index (κ3) is 1.98. The Balaban J connectivity index is 2.65. The molecule has 0 amide bonds. The molecule has 0 saturated carbocycles. The van der Waals surface area contributed by atoms with Gasteiger partial charge in [-0.05, 0) is 35.0 Å². The molecule has 2 aromatic rings. The molecular weight excluding hydrogens is 292 g/mol. The van der Waals surface area contributed by atoms with Gasteiger partial charge in [-0.2, -0.15) is 0 Å². The Morgan fingerprint density at radius 3 is 2.75 bits per heavy atom. The van der Waals surface area contributed by atoms with Gasteiger partial charge in [0.2, 0.25) is 0 Å². The Morgan fingerprint density at radius 1 is 1.44 bits per heavy atom. The predicted octanol–water partition coefficient (Wildman–Crippen LogP) is 2.97. The highest BCUT2D eigenvalue weighted by atomic mass is 79.9. The van der Waals surface area contributed by atoms with Crippen LogP contribution in [0.3, 0.4) is 0 Å². The average Bonchev–Trinajstić information content (AvgIpc) is 2.63. The number of carboxylic acid groups (broad SMARTS) is 1. The van der Waals surface area contributed by atoms with Crippen LogP contribution < -0.4 is 0 Å². The first-order valence-corrected chi connectivity index (χ1v) is 6.01. The highest BCUT2D eigenvalue weighted by molar-refractivity contribution is 9.11. The van der Waals surface area contributed by atoms with E-state index in [1.165, 1.54) is 17.7 Å². The molecule has 2 heterocycles. The average molecular weight is 299 g/mol. The molecule has 0 unspecified atom stereocenters. The van der Waals surface area contributed by atoms with Crippen molar-refractivity contribution < 1.29 is 9.90 Å². The maximum atomic E-state index is 11.1. The zero-order valence-electron chi connectivity index (χ0n) is 8.27. The third-order valence-electron chi connectivity index (χ3n) is 2.06. The Labute approximate surface area is 104 Å². The zero-order chi connectivity index (χ0) is 11.7. The van der Waals surface area contributed by atoms with E-state index in [1.807, 2.05) is 12.1 Å². The molecule has 0 aliphatic rings. The van der Waals surface area contributed by atoms with E-state index in [2.05, 4.69) is 25.9 Å². The first kappa shape index (κ1) is 11.2. The van der Waals surface area contributed by atoms with E-state index in [4.69, 9.17) is 5.11 Å². The summed E-state index contributed by atoms with van der Waals surface area (Å²) in [5.41, 5.74) is 1.11. The van der Waals surface area contributed by atoms with Gasteiger partial charge in [-0.1, -0.05) is 0 Å². The maximum Gasteiger partial charge on any atom is 0.339 e. The summed E-state index contributed by atoms with van der Waals surface area (Å²) in [5.74, 6) is -1.00. The number of thiophene rings is 1. The summed E-state index contributed by atoms with van der Waals surface area (Å²) in [5, 5.41) is 9.13. The second kappa shape index (κ2) is 4.31. The molecule has 0 saturated heterocycles. The molecule has 6 heteroatoms. The Kier molecular flexibility index (Phi) is 3.02. The lowest BCUT2D eigenvalue weighted by molar-refractivity contribution is 0.0696. The molecule has 2 rings (SSSR count). The lowest BCUT2D eigenvalue weighted by atomic mass is 10.1. The molecule has 0 aliphatic carbocycles. The molecule has 16 heavy (non-hydrogen) atoms. The normalized spacial score (nSPS) is 10.4. The minimum atomic E-state index is -1.00. The predicted molar refractivity (Wildman–Crippen MR) is 64.7 cm³/mol. The number of nitrogens with zero attached hydrogens (tertiary/aromatic N) is 2. The second-order valence-electron chi connectivity index (χ2n) is 3.09. The number of aromatic nitrogens is 2. The molecule has 4 nitrogen and oxygen atoms in total. The fraction of sp³-hybridized carbons (Fsp3) is 0.100. The number of hydrogen-bond acceptors (Lipinski definition) is 4. The van der Waals surface area contributed by atoms with E-state index in [-0.39, 0.29) is 5.56 Å².